The molecule has 0 saturated heterocycles. The van der Waals surface area contributed by atoms with Crippen LogP contribution in [0, 0.1) is 0 Å². The van der Waals surface area contributed by atoms with Crippen LogP contribution >= 0.6 is 0 Å². The number of hydrogen-bond donors (Lipinski definition) is 3. The van der Waals surface area contributed by atoms with Crippen molar-refractivity contribution in [2.45, 2.75) is 46.6 Å². The van der Waals surface area contributed by atoms with Gasteiger partial charge >= 0.3 is 0 Å². The van der Waals surface area contributed by atoms with Gasteiger partial charge in [0.2, 0.25) is 17.8 Å². The van der Waals surface area contributed by atoms with Gasteiger partial charge in [0.05, 0.1) is 6.10 Å². The number of aliphatic hydroxyl groups excluding tert-OH is 1. The van der Waals surface area contributed by atoms with E-state index in [1.807, 2.05) is 6.92 Å². The summed E-state index contributed by atoms with van der Waals surface area (Å²) in [6.07, 6.45) is 1.37. The Labute approximate surface area is 127 Å². The van der Waals surface area contributed by atoms with Crippen molar-refractivity contribution in [3.8, 4) is 0 Å². The van der Waals surface area contributed by atoms with Crippen LogP contribution in [0.15, 0.2) is 0 Å². The third-order valence-corrected chi connectivity index (χ3v) is 3.09. The van der Waals surface area contributed by atoms with Crippen molar-refractivity contribution in [2.24, 2.45) is 0 Å². The Bertz CT molecular complexity index is 408. The van der Waals surface area contributed by atoms with E-state index in [-0.39, 0.29) is 6.10 Å². The zero-order valence-corrected chi connectivity index (χ0v) is 13.6. The lowest BCUT2D eigenvalue weighted by molar-refractivity contribution is 0.183. The van der Waals surface area contributed by atoms with Gasteiger partial charge in [0.15, 0.2) is 0 Å². The lowest BCUT2D eigenvalue weighted by Gasteiger charge is -2.19. The van der Waals surface area contributed by atoms with Gasteiger partial charge in [-0.1, -0.05) is 0 Å². The van der Waals surface area contributed by atoms with Gasteiger partial charge in [0, 0.05) is 26.2 Å². The Morgan fingerprint density at radius 1 is 1.05 bits per heavy atom. The number of aromatic nitrogens is 3. The van der Waals surface area contributed by atoms with Crippen molar-refractivity contribution >= 4 is 17.8 Å². The maximum absolute atomic E-state index is 9.26. The topological polar surface area (TPSA) is 86.2 Å². The molecule has 21 heavy (non-hydrogen) atoms. The zero-order valence-electron chi connectivity index (χ0n) is 13.6. The van der Waals surface area contributed by atoms with E-state index in [0.29, 0.717) is 17.8 Å². The van der Waals surface area contributed by atoms with Crippen molar-refractivity contribution in [3.63, 3.8) is 0 Å². The molecule has 0 amide bonds. The molecule has 1 heterocycles. The third-order valence-electron chi connectivity index (χ3n) is 3.09. The molecule has 1 rings (SSSR count). The Kier molecular flexibility index (Phi) is 7.74. The molecule has 0 aliphatic rings. The van der Waals surface area contributed by atoms with Gasteiger partial charge in [0.1, 0.15) is 0 Å². The summed E-state index contributed by atoms with van der Waals surface area (Å²) in [5, 5.41) is 15.6. The van der Waals surface area contributed by atoms with Crippen molar-refractivity contribution in [3.05, 3.63) is 0 Å². The van der Waals surface area contributed by atoms with E-state index in [0.717, 1.165) is 39.0 Å². The molecule has 7 nitrogen and oxygen atoms in total. The number of anilines is 3. The van der Waals surface area contributed by atoms with Crippen LogP contribution in [-0.4, -0.2) is 52.3 Å². The van der Waals surface area contributed by atoms with Gasteiger partial charge in [0.25, 0.3) is 0 Å². The molecule has 1 unspecified atom stereocenters. The van der Waals surface area contributed by atoms with Crippen LogP contribution in [0.1, 0.15) is 40.5 Å². The van der Waals surface area contributed by atoms with Crippen molar-refractivity contribution in [1.82, 2.24) is 15.0 Å². The molecule has 7 heteroatoms. The van der Waals surface area contributed by atoms with E-state index in [2.05, 4.69) is 44.3 Å². The van der Waals surface area contributed by atoms with Gasteiger partial charge in [-0.2, -0.15) is 15.0 Å². The van der Waals surface area contributed by atoms with E-state index in [1.54, 1.807) is 6.92 Å². The van der Waals surface area contributed by atoms with Gasteiger partial charge in [-0.15, -0.1) is 0 Å². The average molecular weight is 296 g/mol. The normalized spacial score (nSPS) is 12.0. The second kappa shape index (κ2) is 9.33. The molecular weight excluding hydrogens is 268 g/mol. The predicted octanol–water partition coefficient (Wildman–Crippen LogP) is 1.72. The lowest BCUT2D eigenvalue weighted by Crippen LogP contribution is -2.25. The largest absolute Gasteiger partial charge is 0.393 e. The number of aliphatic hydroxyl groups is 1. The minimum absolute atomic E-state index is 0.270. The highest BCUT2D eigenvalue weighted by Gasteiger charge is 2.10. The quantitative estimate of drug-likeness (QED) is 0.567. The molecular formula is C14H28N6O. The Balaban J connectivity index is 2.76. The van der Waals surface area contributed by atoms with Gasteiger partial charge in [-0.3, -0.25) is 0 Å². The van der Waals surface area contributed by atoms with Crippen molar-refractivity contribution < 1.29 is 5.11 Å². The highest BCUT2D eigenvalue weighted by Crippen LogP contribution is 2.13. The maximum Gasteiger partial charge on any atom is 0.231 e. The van der Waals surface area contributed by atoms with Crippen LogP contribution < -0.4 is 15.5 Å². The molecule has 0 spiro atoms. The highest BCUT2D eigenvalue weighted by atomic mass is 16.3. The third kappa shape index (κ3) is 6.12. The first-order valence-corrected chi connectivity index (χ1v) is 7.77. The molecule has 0 bridgehead atoms. The predicted molar refractivity (Wildman–Crippen MR) is 87.0 cm³/mol. The Hall–Kier alpha value is -1.63. The zero-order chi connectivity index (χ0) is 15.7. The van der Waals surface area contributed by atoms with Crippen LogP contribution in [0.25, 0.3) is 0 Å². The second-order valence-electron chi connectivity index (χ2n) is 4.90. The number of nitrogens with zero attached hydrogens (tertiary/aromatic N) is 4. The summed E-state index contributed by atoms with van der Waals surface area (Å²) in [4.78, 5) is 15.3. The molecule has 1 atom stereocenters. The van der Waals surface area contributed by atoms with Crippen LogP contribution in [-0.2, 0) is 0 Å². The Morgan fingerprint density at radius 3 is 2.19 bits per heavy atom. The summed E-state index contributed by atoms with van der Waals surface area (Å²) in [5.41, 5.74) is 0. The van der Waals surface area contributed by atoms with E-state index < -0.39 is 0 Å². The molecule has 0 aromatic carbocycles. The average Bonchev–Trinajstić information content (AvgIpc) is 2.45. The molecule has 0 aliphatic heterocycles. The van der Waals surface area contributed by atoms with E-state index in [4.69, 9.17) is 0 Å². The number of hydrogen-bond acceptors (Lipinski definition) is 7. The first-order valence-electron chi connectivity index (χ1n) is 7.77. The summed E-state index contributed by atoms with van der Waals surface area (Å²) < 4.78 is 0. The summed E-state index contributed by atoms with van der Waals surface area (Å²) >= 11 is 0. The van der Waals surface area contributed by atoms with Crippen molar-refractivity contribution in [2.75, 3.05) is 41.7 Å². The minimum atomic E-state index is -0.270. The second-order valence-corrected chi connectivity index (χ2v) is 4.90. The van der Waals surface area contributed by atoms with E-state index in [1.165, 1.54) is 0 Å². The molecule has 3 N–H and O–H groups in total. The minimum Gasteiger partial charge on any atom is -0.393 e. The van der Waals surface area contributed by atoms with Crippen LogP contribution in [0.2, 0.25) is 0 Å². The molecule has 120 valence electrons. The molecule has 0 aliphatic carbocycles. The number of nitrogens with one attached hydrogen (secondary N) is 2. The fraction of sp³-hybridized carbons (Fsp3) is 0.786. The summed E-state index contributed by atoms with van der Waals surface area (Å²) in [5.74, 6) is 1.85. The lowest BCUT2D eigenvalue weighted by atomic mass is 10.2. The highest BCUT2D eigenvalue weighted by molar-refractivity contribution is 5.43. The maximum atomic E-state index is 9.26. The van der Waals surface area contributed by atoms with Crippen molar-refractivity contribution in [1.29, 1.82) is 0 Å². The molecule has 0 fully saturated rings. The SMILES string of the molecule is CCNc1nc(NCCCC(C)O)nc(N(CC)CC)n1. The van der Waals surface area contributed by atoms with E-state index in [9.17, 15) is 5.11 Å². The van der Waals surface area contributed by atoms with Crippen LogP contribution in [0.5, 0.6) is 0 Å². The fourth-order valence-electron chi connectivity index (χ4n) is 1.93. The first kappa shape index (κ1) is 17.4. The monoisotopic (exact) mass is 296 g/mol. The van der Waals surface area contributed by atoms with Crippen LogP contribution in [0.3, 0.4) is 0 Å². The summed E-state index contributed by atoms with van der Waals surface area (Å²) in [7, 11) is 0. The smallest absolute Gasteiger partial charge is 0.231 e. The summed E-state index contributed by atoms with van der Waals surface area (Å²) in [6.45, 7) is 11.2. The van der Waals surface area contributed by atoms with E-state index >= 15 is 0 Å². The molecule has 0 radical (unpaired) electrons. The number of rotatable bonds is 10. The summed E-state index contributed by atoms with van der Waals surface area (Å²) in [6, 6.07) is 0. The Morgan fingerprint density at radius 2 is 1.67 bits per heavy atom. The molecule has 1 aromatic heterocycles. The van der Waals surface area contributed by atoms with Gasteiger partial charge in [-0.25, -0.2) is 0 Å². The first-order chi connectivity index (χ1) is 10.1. The standard InChI is InChI=1S/C14H28N6O/c1-5-15-12-17-13(16-10-8-9-11(4)21)19-14(18-12)20(6-2)7-3/h11,21H,5-10H2,1-4H3,(H2,15,16,17,18,19). The fourth-order valence-corrected chi connectivity index (χ4v) is 1.93. The molecule has 0 saturated carbocycles. The van der Waals surface area contributed by atoms with Gasteiger partial charge in [-0.05, 0) is 40.5 Å². The van der Waals surface area contributed by atoms with Crippen LogP contribution in [0.4, 0.5) is 17.8 Å². The van der Waals surface area contributed by atoms with Gasteiger partial charge < -0.3 is 20.6 Å². The molecule has 1 aromatic rings.